The molecule has 7 atom stereocenters. The Morgan fingerprint density at radius 2 is 1.81 bits per heavy atom. The molecule has 0 amide bonds. The van der Waals surface area contributed by atoms with Crippen LogP contribution in [0.5, 0.6) is 5.75 Å². The van der Waals surface area contributed by atoms with Crippen LogP contribution in [-0.4, -0.2) is 66.2 Å². The molecule has 3 aromatic carbocycles. The lowest BCUT2D eigenvalue weighted by Crippen LogP contribution is -2.44. The monoisotopic (exact) mass is 676 g/mol. The molecule has 0 radical (unpaired) electrons. The zero-order valence-corrected chi connectivity index (χ0v) is 27.7. The molecule has 5 N–H and O–H groups in total. The molecule has 0 bridgehead atoms. The summed E-state index contributed by atoms with van der Waals surface area (Å²) in [5.74, 6) is -0.457. The minimum atomic E-state index is -4.40. The molecule has 1 aliphatic rings. The first-order valence-electron chi connectivity index (χ1n) is 15.3. The van der Waals surface area contributed by atoms with Crippen molar-refractivity contribution in [2.24, 2.45) is 0 Å². The zero-order chi connectivity index (χ0) is 34.2. The molecule has 1 fully saturated rings. The van der Waals surface area contributed by atoms with E-state index in [0.717, 1.165) is 10.9 Å². The van der Waals surface area contributed by atoms with Crippen molar-refractivity contribution in [3.63, 3.8) is 0 Å². The minimum absolute atomic E-state index is 0.00299. The number of hydrogen-bond acceptors (Lipinski definition) is 12. The lowest BCUT2D eigenvalue weighted by Gasteiger charge is -2.27. The molecule has 5 aromatic rings. The second-order valence-electron chi connectivity index (χ2n) is 11.9. The highest BCUT2D eigenvalue weighted by Gasteiger charge is 2.54. The number of nitrogens with one attached hydrogen (secondary N) is 1. The number of imidazole rings is 1. The van der Waals surface area contributed by atoms with Crippen molar-refractivity contribution in [3.8, 4) is 5.75 Å². The molecule has 0 aliphatic carbocycles. The van der Waals surface area contributed by atoms with E-state index in [1.165, 1.54) is 24.7 Å². The smallest absolute Gasteiger partial charge is 0.457 e. The first-order chi connectivity index (χ1) is 22.9. The van der Waals surface area contributed by atoms with Gasteiger partial charge in [-0.2, -0.15) is 10.1 Å². The van der Waals surface area contributed by atoms with E-state index in [-0.39, 0.29) is 11.7 Å². The summed E-state index contributed by atoms with van der Waals surface area (Å²) in [6.07, 6.45) is -3.07. The Bertz CT molecular complexity index is 1980. The summed E-state index contributed by atoms with van der Waals surface area (Å²) in [7, 11) is -4.40. The van der Waals surface area contributed by atoms with Gasteiger partial charge in [0.2, 0.25) is 5.95 Å². The number of aryl methyl sites for hydroxylation is 1. The molecule has 1 saturated heterocycles. The number of anilines is 1. The van der Waals surface area contributed by atoms with Crippen molar-refractivity contribution >= 4 is 41.6 Å². The maximum atomic E-state index is 14.5. The van der Waals surface area contributed by atoms with Crippen LogP contribution in [-0.2, 0) is 23.4 Å². The molecule has 6 rings (SSSR count). The van der Waals surface area contributed by atoms with E-state index in [1.807, 2.05) is 54.6 Å². The molecule has 2 aromatic heterocycles. The van der Waals surface area contributed by atoms with E-state index in [9.17, 15) is 19.6 Å². The minimum Gasteiger partial charge on any atom is -0.457 e. The van der Waals surface area contributed by atoms with Gasteiger partial charge in [-0.25, -0.2) is 14.5 Å². The number of esters is 1. The highest BCUT2D eigenvalue weighted by atomic mass is 31.2. The number of aliphatic hydroxyl groups excluding tert-OH is 1. The fourth-order valence-electron chi connectivity index (χ4n) is 5.65. The topological polar surface area (TPSA) is 193 Å². The molecule has 0 saturated carbocycles. The van der Waals surface area contributed by atoms with Gasteiger partial charge in [0, 0.05) is 5.39 Å². The summed E-state index contributed by atoms with van der Waals surface area (Å²) in [5, 5.41) is 26.8. The first kappa shape index (κ1) is 33.5. The highest BCUT2D eigenvalue weighted by molar-refractivity contribution is 7.52. The second-order valence-corrected chi connectivity index (χ2v) is 13.6. The fraction of sp³-hybridized carbons (Fsp3) is 0.333. The molecular formula is C33H37N6O8P. The number of nitrogens with zero attached hydrogens (tertiary/aromatic N) is 4. The Kier molecular flexibility index (Phi) is 9.22. The third-order valence-corrected chi connectivity index (χ3v) is 9.89. The van der Waals surface area contributed by atoms with E-state index in [0.29, 0.717) is 22.2 Å². The average Bonchev–Trinajstić information content (AvgIpc) is 3.57. The molecular weight excluding hydrogens is 639 g/mol. The van der Waals surface area contributed by atoms with Crippen LogP contribution in [0.3, 0.4) is 0 Å². The predicted molar refractivity (Wildman–Crippen MR) is 177 cm³/mol. The van der Waals surface area contributed by atoms with Gasteiger partial charge in [-0.15, -0.1) is 0 Å². The first-order valence-corrected chi connectivity index (χ1v) is 16.9. The Hall–Kier alpha value is -4.43. The second kappa shape index (κ2) is 13.2. The number of carbonyl (C=O) groups is 1. The number of nitrogen functional groups attached to an aromatic ring is 1. The van der Waals surface area contributed by atoms with Crippen molar-refractivity contribution in [2.75, 3.05) is 12.3 Å². The average molecular weight is 677 g/mol. The van der Waals surface area contributed by atoms with Crippen molar-refractivity contribution < 1.29 is 38.1 Å². The number of aliphatic hydroxyl groups is 2. The molecule has 3 heterocycles. The van der Waals surface area contributed by atoms with Crippen LogP contribution in [0.15, 0.2) is 79.1 Å². The Balaban J connectivity index is 1.24. The maximum Gasteiger partial charge on any atom is 0.459 e. The number of nitrogens with two attached hydrogens (primary N) is 1. The summed E-state index contributed by atoms with van der Waals surface area (Å²) in [4.78, 5) is 25.8. The number of carbonyl (C=O) groups excluding carboxylic acids is 1. The molecule has 0 spiro atoms. The Morgan fingerprint density at radius 1 is 1.10 bits per heavy atom. The van der Waals surface area contributed by atoms with Crippen LogP contribution in [0.1, 0.15) is 44.4 Å². The number of ether oxygens (including phenoxy) is 2. The largest absolute Gasteiger partial charge is 0.459 e. The van der Waals surface area contributed by atoms with Crippen LogP contribution < -0.4 is 15.3 Å². The predicted octanol–water partition coefficient (Wildman–Crippen LogP) is 4.37. The van der Waals surface area contributed by atoms with E-state index >= 15 is 0 Å². The van der Waals surface area contributed by atoms with Gasteiger partial charge in [-0.1, -0.05) is 66.7 Å². The summed E-state index contributed by atoms with van der Waals surface area (Å²) in [6, 6.07) is 20.6. The lowest BCUT2D eigenvalue weighted by atomic mass is 9.96. The van der Waals surface area contributed by atoms with Crippen molar-refractivity contribution in [1.82, 2.24) is 24.6 Å². The molecule has 15 heteroatoms. The standard InChI is InChI=1S/C33H37N6O8P/c1-19-27-29(37-32(34)36-19)39(18-35-27)31-33(4,42)28(40)26(46-31)17-44-48(43,47-25-16-10-14-23-13-8-9-15-24(23)25)38-20(2)30(41)45-21(3)22-11-6-5-7-12-22/h5-16,18,20-21,26,28,31,40,42H,17H2,1-4H3,(H,38,43)(H2,34,36,37). The summed E-state index contributed by atoms with van der Waals surface area (Å²) < 4.78 is 39.5. The van der Waals surface area contributed by atoms with Gasteiger partial charge in [-0.05, 0) is 44.7 Å². The number of rotatable bonds is 11. The summed E-state index contributed by atoms with van der Waals surface area (Å²) >= 11 is 0. The molecule has 48 heavy (non-hydrogen) atoms. The van der Waals surface area contributed by atoms with E-state index < -0.39 is 56.5 Å². The number of fused-ring (bicyclic) bond motifs is 2. The normalized spacial score (nSPS) is 23.5. The lowest BCUT2D eigenvalue weighted by molar-refractivity contribution is -0.150. The third kappa shape index (κ3) is 6.63. The van der Waals surface area contributed by atoms with Gasteiger partial charge < -0.3 is 29.9 Å². The van der Waals surface area contributed by atoms with Crippen molar-refractivity contribution in [3.05, 3.63) is 90.4 Å². The van der Waals surface area contributed by atoms with Crippen LogP contribution in [0, 0.1) is 6.92 Å². The summed E-state index contributed by atoms with van der Waals surface area (Å²) in [6.45, 7) is 5.81. The fourth-order valence-corrected chi connectivity index (χ4v) is 7.17. The van der Waals surface area contributed by atoms with Gasteiger partial charge in [-0.3, -0.25) is 13.9 Å². The maximum absolute atomic E-state index is 14.5. The molecule has 7 unspecified atom stereocenters. The number of aromatic nitrogens is 4. The van der Waals surface area contributed by atoms with E-state index in [1.54, 1.807) is 32.0 Å². The Morgan fingerprint density at radius 3 is 2.58 bits per heavy atom. The van der Waals surface area contributed by atoms with Crippen molar-refractivity contribution in [2.45, 2.75) is 63.9 Å². The molecule has 14 nitrogen and oxygen atoms in total. The summed E-state index contributed by atoms with van der Waals surface area (Å²) in [5.41, 5.74) is 6.04. The quantitative estimate of drug-likeness (QED) is 0.114. The van der Waals surface area contributed by atoms with Gasteiger partial charge in [0.1, 0.15) is 41.2 Å². The third-order valence-electron chi connectivity index (χ3n) is 8.26. The highest BCUT2D eigenvalue weighted by Crippen LogP contribution is 2.48. The van der Waals surface area contributed by atoms with Crippen LogP contribution in [0.2, 0.25) is 0 Å². The zero-order valence-electron chi connectivity index (χ0n) is 26.8. The SMILES string of the molecule is Cc1nc(N)nc2c1ncn2C1OC(COP(=O)(NC(C)C(=O)OC(C)c2ccccc2)Oc2cccc3ccccc23)C(O)C1(C)O. The van der Waals surface area contributed by atoms with Crippen LogP contribution >= 0.6 is 7.75 Å². The van der Waals surface area contributed by atoms with Crippen LogP contribution in [0.4, 0.5) is 5.95 Å². The number of hydrogen-bond donors (Lipinski definition) is 4. The van der Waals surface area contributed by atoms with Crippen LogP contribution in [0.25, 0.3) is 21.9 Å². The van der Waals surface area contributed by atoms with E-state index in [2.05, 4.69) is 20.0 Å². The molecule has 1 aliphatic heterocycles. The Labute approximate surface area is 276 Å². The van der Waals surface area contributed by atoms with Crippen molar-refractivity contribution in [1.29, 1.82) is 0 Å². The van der Waals surface area contributed by atoms with Gasteiger partial charge in [0.25, 0.3) is 0 Å². The van der Waals surface area contributed by atoms with Gasteiger partial charge in [0.05, 0.1) is 18.6 Å². The van der Waals surface area contributed by atoms with Gasteiger partial charge >= 0.3 is 13.7 Å². The van der Waals surface area contributed by atoms with Gasteiger partial charge in [0.15, 0.2) is 11.9 Å². The number of benzene rings is 3. The van der Waals surface area contributed by atoms with E-state index in [4.69, 9.17) is 24.3 Å². The molecule has 252 valence electrons.